The highest BCUT2D eigenvalue weighted by Crippen LogP contribution is 2.17. The highest BCUT2D eigenvalue weighted by molar-refractivity contribution is 5.71. The summed E-state index contributed by atoms with van der Waals surface area (Å²) in [5.41, 5.74) is 0. The van der Waals surface area contributed by atoms with Gasteiger partial charge in [0, 0.05) is 19.3 Å². The maximum Gasteiger partial charge on any atom is 0.306 e. The molecule has 0 aromatic heterocycles. The van der Waals surface area contributed by atoms with E-state index in [2.05, 4.69) is 57.2 Å². The second kappa shape index (κ2) is 57.2. The third-order valence-corrected chi connectivity index (χ3v) is 13.4. The summed E-state index contributed by atoms with van der Waals surface area (Å²) in [5, 5.41) is 0. The van der Waals surface area contributed by atoms with Crippen LogP contribution in [0.15, 0.2) is 36.5 Å². The van der Waals surface area contributed by atoms with Crippen molar-refractivity contribution in [1.29, 1.82) is 0 Å². The normalized spacial score (nSPS) is 12.2. The van der Waals surface area contributed by atoms with Crippen molar-refractivity contribution >= 4 is 17.9 Å². The minimum atomic E-state index is -0.772. The predicted molar refractivity (Wildman–Crippen MR) is 293 cm³/mol. The Labute approximate surface area is 423 Å². The lowest BCUT2D eigenvalue weighted by atomic mass is 10.0. The second-order valence-corrected chi connectivity index (χ2v) is 20.3. The first-order valence-electron chi connectivity index (χ1n) is 30.0. The van der Waals surface area contributed by atoms with Gasteiger partial charge in [0.1, 0.15) is 13.2 Å². The zero-order chi connectivity index (χ0) is 49.3. The lowest BCUT2D eigenvalue weighted by molar-refractivity contribution is -0.167. The molecule has 6 nitrogen and oxygen atoms in total. The number of esters is 3. The zero-order valence-electron chi connectivity index (χ0n) is 45.6. The van der Waals surface area contributed by atoms with Gasteiger partial charge in [-0.3, -0.25) is 14.4 Å². The smallest absolute Gasteiger partial charge is 0.306 e. The van der Waals surface area contributed by atoms with Crippen LogP contribution in [0.5, 0.6) is 0 Å². The van der Waals surface area contributed by atoms with E-state index < -0.39 is 6.10 Å². The molecule has 1 unspecified atom stereocenters. The van der Waals surface area contributed by atoms with Gasteiger partial charge in [-0.2, -0.15) is 0 Å². The van der Waals surface area contributed by atoms with E-state index in [0.717, 1.165) is 70.6 Å². The molecule has 6 heteroatoms. The average molecular weight is 956 g/mol. The van der Waals surface area contributed by atoms with E-state index in [4.69, 9.17) is 14.2 Å². The third kappa shape index (κ3) is 54.6. The van der Waals surface area contributed by atoms with Crippen LogP contribution < -0.4 is 0 Å². The number of unbranched alkanes of at least 4 members (excludes halogenated alkanes) is 38. The fourth-order valence-corrected chi connectivity index (χ4v) is 8.81. The molecule has 0 aromatic rings. The number of carbonyl (C=O) groups is 3. The van der Waals surface area contributed by atoms with Crippen LogP contribution in [-0.2, 0) is 28.6 Å². The van der Waals surface area contributed by atoms with Gasteiger partial charge < -0.3 is 14.2 Å². The highest BCUT2D eigenvalue weighted by atomic mass is 16.6. The standard InChI is InChI=1S/C62H114O6/c1-4-7-10-13-16-19-22-24-26-28-29-30-31-32-33-34-36-37-40-43-46-49-52-55-61(64)67-58-59(57-66-60(63)54-51-48-45-42-39-21-18-15-12-9-6-3)68-62(65)56-53-50-47-44-41-38-35-27-25-23-20-17-14-11-8-5-2/h15,18,22,24,28-29,59H,4-14,16-17,19-21,23,25-27,30-58H2,1-3H3/b18-15-,24-22-,29-28-. The van der Waals surface area contributed by atoms with Crippen molar-refractivity contribution in [3.8, 4) is 0 Å². The van der Waals surface area contributed by atoms with Gasteiger partial charge in [-0.15, -0.1) is 0 Å². The molecule has 0 heterocycles. The molecule has 0 aliphatic heterocycles. The molecule has 0 aliphatic carbocycles. The van der Waals surface area contributed by atoms with E-state index in [9.17, 15) is 14.4 Å². The van der Waals surface area contributed by atoms with E-state index >= 15 is 0 Å². The lowest BCUT2D eigenvalue weighted by Crippen LogP contribution is -2.30. The van der Waals surface area contributed by atoms with Crippen molar-refractivity contribution in [2.24, 2.45) is 0 Å². The predicted octanol–water partition coefficient (Wildman–Crippen LogP) is 20.0. The Kier molecular flexibility index (Phi) is 55.2. The monoisotopic (exact) mass is 955 g/mol. The Morgan fingerprint density at radius 3 is 0.868 bits per heavy atom. The molecular formula is C62H114O6. The molecule has 0 fully saturated rings. The van der Waals surface area contributed by atoms with Gasteiger partial charge in [0.2, 0.25) is 0 Å². The Balaban J connectivity index is 4.25. The van der Waals surface area contributed by atoms with E-state index in [0.29, 0.717) is 19.3 Å². The fourth-order valence-electron chi connectivity index (χ4n) is 8.81. The number of allylic oxidation sites excluding steroid dienone is 6. The van der Waals surface area contributed by atoms with Gasteiger partial charge in [-0.05, 0) is 70.6 Å². The van der Waals surface area contributed by atoms with Crippen LogP contribution in [0.2, 0.25) is 0 Å². The van der Waals surface area contributed by atoms with Crippen molar-refractivity contribution < 1.29 is 28.6 Å². The van der Waals surface area contributed by atoms with Crippen LogP contribution in [0.4, 0.5) is 0 Å². The van der Waals surface area contributed by atoms with Gasteiger partial charge in [0.05, 0.1) is 0 Å². The van der Waals surface area contributed by atoms with Crippen molar-refractivity contribution in [3.63, 3.8) is 0 Å². The minimum absolute atomic E-state index is 0.0721. The van der Waals surface area contributed by atoms with Crippen molar-refractivity contribution in [2.45, 2.75) is 329 Å². The molecule has 0 N–H and O–H groups in total. The molecule has 0 rings (SSSR count). The Morgan fingerprint density at radius 1 is 0.294 bits per heavy atom. The molecule has 1 atom stereocenters. The molecule has 0 aliphatic rings. The van der Waals surface area contributed by atoms with Crippen LogP contribution in [0.25, 0.3) is 0 Å². The molecule has 0 aromatic carbocycles. The van der Waals surface area contributed by atoms with Crippen molar-refractivity contribution in [1.82, 2.24) is 0 Å². The third-order valence-electron chi connectivity index (χ3n) is 13.4. The maximum atomic E-state index is 12.8. The first-order chi connectivity index (χ1) is 33.5. The largest absolute Gasteiger partial charge is 0.462 e. The van der Waals surface area contributed by atoms with E-state index in [1.165, 1.54) is 212 Å². The summed E-state index contributed by atoms with van der Waals surface area (Å²) in [6.45, 7) is 6.63. The molecule has 0 spiro atoms. The highest BCUT2D eigenvalue weighted by Gasteiger charge is 2.19. The summed E-state index contributed by atoms with van der Waals surface area (Å²) >= 11 is 0. The average Bonchev–Trinajstić information content (AvgIpc) is 3.34. The number of rotatable bonds is 55. The SMILES string of the molecule is CCCC/C=C\CCCCCCCC(=O)OCC(COC(=O)CCCCCCCCCCCCC/C=C\C/C=C\CCCCCCC)OC(=O)CCCCCCCCCCCCCCCCCC. The lowest BCUT2D eigenvalue weighted by Gasteiger charge is -2.18. The Morgan fingerprint density at radius 2 is 0.544 bits per heavy atom. The summed E-state index contributed by atoms with van der Waals surface area (Å²) in [6.07, 6.45) is 68.6. The number of carbonyl (C=O) groups excluding carboxylic acids is 3. The van der Waals surface area contributed by atoms with E-state index in [1.807, 2.05) is 0 Å². The number of hydrogen-bond acceptors (Lipinski definition) is 6. The number of hydrogen-bond donors (Lipinski definition) is 0. The van der Waals surface area contributed by atoms with Gasteiger partial charge in [-0.1, -0.05) is 269 Å². The second-order valence-electron chi connectivity index (χ2n) is 20.3. The van der Waals surface area contributed by atoms with Crippen LogP contribution in [0, 0.1) is 0 Å². The van der Waals surface area contributed by atoms with E-state index in [1.54, 1.807) is 0 Å². The Hall–Kier alpha value is -2.37. The molecule has 0 saturated carbocycles. The topological polar surface area (TPSA) is 78.9 Å². The number of ether oxygens (including phenoxy) is 3. The summed E-state index contributed by atoms with van der Waals surface area (Å²) in [4.78, 5) is 38.1. The fraction of sp³-hybridized carbons (Fsp3) is 0.855. The summed E-state index contributed by atoms with van der Waals surface area (Å²) < 4.78 is 16.9. The van der Waals surface area contributed by atoms with Crippen LogP contribution in [-0.4, -0.2) is 37.2 Å². The maximum absolute atomic E-state index is 12.8. The van der Waals surface area contributed by atoms with Crippen LogP contribution in [0.1, 0.15) is 323 Å². The van der Waals surface area contributed by atoms with Crippen molar-refractivity contribution in [2.75, 3.05) is 13.2 Å². The van der Waals surface area contributed by atoms with E-state index in [-0.39, 0.29) is 31.1 Å². The van der Waals surface area contributed by atoms with Gasteiger partial charge in [0.25, 0.3) is 0 Å². The molecule has 68 heavy (non-hydrogen) atoms. The quantitative estimate of drug-likeness (QED) is 0.0262. The minimum Gasteiger partial charge on any atom is -0.462 e. The first-order valence-corrected chi connectivity index (χ1v) is 30.0. The van der Waals surface area contributed by atoms with Crippen LogP contribution in [0.3, 0.4) is 0 Å². The zero-order valence-corrected chi connectivity index (χ0v) is 45.6. The summed E-state index contributed by atoms with van der Waals surface area (Å²) in [6, 6.07) is 0. The first kappa shape index (κ1) is 65.6. The summed E-state index contributed by atoms with van der Waals surface area (Å²) in [7, 11) is 0. The Bertz CT molecular complexity index is 1140. The molecule has 0 radical (unpaired) electrons. The van der Waals surface area contributed by atoms with Crippen LogP contribution >= 0.6 is 0 Å². The van der Waals surface area contributed by atoms with Crippen molar-refractivity contribution in [3.05, 3.63) is 36.5 Å². The molecular weight excluding hydrogens is 841 g/mol. The molecule has 0 saturated heterocycles. The van der Waals surface area contributed by atoms with Gasteiger partial charge >= 0.3 is 17.9 Å². The summed E-state index contributed by atoms with van der Waals surface area (Å²) in [5.74, 6) is -0.865. The van der Waals surface area contributed by atoms with Gasteiger partial charge in [-0.25, -0.2) is 0 Å². The molecule has 0 amide bonds. The van der Waals surface area contributed by atoms with Gasteiger partial charge in [0.15, 0.2) is 6.10 Å². The molecule has 0 bridgehead atoms. The molecule has 398 valence electrons.